The van der Waals surface area contributed by atoms with Crippen molar-refractivity contribution in [1.82, 2.24) is 0 Å². The van der Waals surface area contributed by atoms with Crippen LogP contribution in [-0.4, -0.2) is 18.0 Å². The molecule has 0 bridgehead atoms. The van der Waals surface area contributed by atoms with Gasteiger partial charge in [0.2, 0.25) is 0 Å². The third-order valence-electron chi connectivity index (χ3n) is 4.84. The minimum absolute atomic E-state index is 0.0943. The molecule has 2 atom stereocenters. The van der Waals surface area contributed by atoms with Crippen LogP contribution in [0.15, 0.2) is 23.8 Å². The highest BCUT2D eigenvalue weighted by atomic mass is 35.5. The highest BCUT2D eigenvalue weighted by molar-refractivity contribution is 6.26. The van der Waals surface area contributed by atoms with Crippen molar-refractivity contribution in [2.24, 2.45) is 16.7 Å². The first-order chi connectivity index (χ1) is 9.11. The number of ether oxygens (including phenoxy) is 1. The second-order valence-corrected chi connectivity index (χ2v) is 7.16. The van der Waals surface area contributed by atoms with Crippen molar-refractivity contribution in [3.63, 3.8) is 0 Å². The number of halogens is 1. The third-order valence-corrected chi connectivity index (χ3v) is 5.06. The first-order valence-corrected chi connectivity index (χ1v) is 7.76. The van der Waals surface area contributed by atoms with Gasteiger partial charge in [0.15, 0.2) is 0 Å². The Morgan fingerprint density at radius 2 is 2.20 bits per heavy atom. The molecule has 0 spiro atoms. The summed E-state index contributed by atoms with van der Waals surface area (Å²) in [5.74, 6) is 0.0557. The molecule has 2 nitrogen and oxygen atoms in total. The molecule has 0 unspecified atom stereocenters. The molecule has 0 saturated heterocycles. The van der Waals surface area contributed by atoms with Gasteiger partial charge in [-0.15, -0.1) is 11.6 Å². The van der Waals surface area contributed by atoms with Crippen LogP contribution in [0.5, 0.6) is 0 Å². The Kier molecular flexibility index (Phi) is 5.48. The Morgan fingerprint density at radius 3 is 2.65 bits per heavy atom. The van der Waals surface area contributed by atoms with Crippen LogP contribution in [0.25, 0.3) is 0 Å². The highest BCUT2D eigenvalue weighted by Crippen LogP contribution is 2.44. The average molecular weight is 299 g/mol. The van der Waals surface area contributed by atoms with Gasteiger partial charge in [-0.2, -0.15) is 0 Å². The summed E-state index contributed by atoms with van der Waals surface area (Å²) in [4.78, 5) is 11.3. The number of hydrogen-bond donors (Lipinski definition) is 0. The number of alkyl halides is 1. The quantitative estimate of drug-likeness (QED) is 0.416. The minimum atomic E-state index is -0.362. The van der Waals surface area contributed by atoms with Crippen LogP contribution in [0.4, 0.5) is 0 Å². The molecule has 0 aliphatic heterocycles. The second kappa shape index (κ2) is 6.34. The van der Waals surface area contributed by atoms with E-state index >= 15 is 0 Å². The first kappa shape index (κ1) is 17.3. The van der Waals surface area contributed by atoms with Crippen LogP contribution in [0.1, 0.15) is 48.0 Å². The number of carbonyl (C=O) groups excluding carboxylic acids is 1. The van der Waals surface area contributed by atoms with Crippen LogP contribution >= 0.6 is 11.6 Å². The van der Waals surface area contributed by atoms with Gasteiger partial charge in [-0.25, -0.2) is 0 Å². The number of hydrogen-bond acceptors (Lipinski definition) is 2. The van der Waals surface area contributed by atoms with Crippen molar-refractivity contribution in [2.45, 2.75) is 54.1 Å². The van der Waals surface area contributed by atoms with Crippen LogP contribution < -0.4 is 0 Å². The largest absolute Gasteiger partial charge is 0.461 e. The van der Waals surface area contributed by atoms with Crippen LogP contribution in [-0.2, 0) is 9.53 Å². The molecular formula is C17H27ClO2. The molecule has 0 radical (unpaired) electrons. The molecule has 1 aliphatic carbocycles. The van der Waals surface area contributed by atoms with Gasteiger partial charge >= 0.3 is 5.97 Å². The predicted octanol–water partition coefficient (Wildman–Crippen LogP) is 4.73. The lowest BCUT2D eigenvalue weighted by atomic mass is 9.76. The number of esters is 1. The molecule has 0 heterocycles. The zero-order chi connectivity index (χ0) is 15.6. The molecule has 1 aliphatic rings. The van der Waals surface area contributed by atoms with Gasteiger partial charge in [-0.3, -0.25) is 4.79 Å². The highest BCUT2D eigenvalue weighted by Gasteiger charge is 2.34. The zero-order valence-electron chi connectivity index (χ0n) is 13.5. The Morgan fingerprint density at radius 1 is 1.60 bits per heavy atom. The van der Waals surface area contributed by atoms with E-state index in [1.165, 1.54) is 5.57 Å². The smallest absolute Gasteiger partial charge is 0.321 e. The van der Waals surface area contributed by atoms with Gasteiger partial charge in [-0.1, -0.05) is 51.5 Å². The van der Waals surface area contributed by atoms with Gasteiger partial charge in [-0.05, 0) is 31.6 Å². The van der Waals surface area contributed by atoms with E-state index < -0.39 is 0 Å². The summed E-state index contributed by atoms with van der Waals surface area (Å²) in [6, 6.07) is 0. The molecule has 0 fully saturated rings. The molecule has 114 valence electrons. The molecule has 20 heavy (non-hydrogen) atoms. The number of carbonyl (C=O) groups is 1. The fourth-order valence-corrected chi connectivity index (χ4v) is 2.42. The van der Waals surface area contributed by atoms with Crippen molar-refractivity contribution in [1.29, 1.82) is 0 Å². The fourth-order valence-electron chi connectivity index (χ4n) is 2.35. The maximum Gasteiger partial charge on any atom is 0.321 e. The molecule has 0 N–H and O–H groups in total. The lowest BCUT2D eigenvalue weighted by molar-refractivity contribution is -0.149. The molecule has 0 aromatic carbocycles. The van der Waals surface area contributed by atoms with Crippen molar-refractivity contribution < 1.29 is 9.53 Å². The predicted molar refractivity (Wildman–Crippen MR) is 84.8 cm³/mol. The summed E-state index contributed by atoms with van der Waals surface area (Å²) in [7, 11) is 0. The van der Waals surface area contributed by atoms with Gasteiger partial charge in [0.1, 0.15) is 12.0 Å². The summed E-state index contributed by atoms with van der Waals surface area (Å²) in [5.41, 5.74) is 1.46. The molecule has 1 rings (SSSR count). The average Bonchev–Trinajstić information content (AvgIpc) is 2.61. The lowest BCUT2D eigenvalue weighted by Crippen LogP contribution is -2.30. The first-order valence-electron chi connectivity index (χ1n) is 7.23. The monoisotopic (exact) mass is 298 g/mol. The van der Waals surface area contributed by atoms with E-state index in [1.807, 2.05) is 6.92 Å². The summed E-state index contributed by atoms with van der Waals surface area (Å²) < 4.78 is 5.32. The topological polar surface area (TPSA) is 26.3 Å². The molecular weight excluding hydrogens is 272 g/mol. The third kappa shape index (κ3) is 3.88. The normalized spacial score (nSPS) is 23.8. The van der Waals surface area contributed by atoms with Crippen LogP contribution in [0, 0.1) is 16.7 Å². The molecule has 0 aromatic heterocycles. The van der Waals surface area contributed by atoms with E-state index in [2.05, 4.69) is 52.8 Å². The number of allylic oxidation sites excluding steroid dienone is 3. The van der Waals surface area contributed by atoms with Gasteiger partial charge in [0.25, 0.3) is 0 Å². The molecule has 0 aromatic rings. The van der Waals surface area contributed by atoms with E-state index in [1.54, 1.807) is 0 Å². The van der Waals surface area contributed by atoms with E-state index in [0.717, 1.165) is 6.42 Å². The van der Waals surface area contributed by atoms with E-state index in [0.29, 0.717) is 5.92 Å². The van der Waals surface area contributed by atoms with Gasteiger partial charge < -0.3 is 4.74 Å². The Hall–Kier alpha value is -0.760. The standard InChI is InChI=1S/C17H27ClO2/c1-12-7-8-14(17(12,5)6)9-10-16(3,4)13(2)20-15(19)11-18/h7,9-10,13-14H,8,11H2,1-6H3/b10-9+/t13-,14+/m0/s1. The molecule has 0 saturated carbocycles. The van der Waals surface area contributed by atoms with Crippen molar-refractivity contribution in [3.8, 4) is 0 Å². The van der Waals surface area contributed by atoms with E-state index in [9.17, 15) is 4.79 Å². The summed E-state index contributed by atoms with van der Waals surface area (Å²) in [6.45, 7) is 12.8. The van der Waals surface area contributed by atoms with Crippen LogP contribution in [0.3, 0.4) is 0 Å². The van der Waals surface area contributed by atoms with E-state index in [4.69, 9.17) is 16.3 Å². The Labute approximate surface area is 128 Å². The molecule has 0 amide bonds. The van der Waals surface area contributed by atoms with Crippen molar-refractivity contribution >= 4 is 17.6 Å². The SMILES string of the molecule is CC1=CC[C@H](/C=C/C(C)(C)[C@H](C)OC(=O)CCl)C1(C)C. The zero-order valence-corrected chi connectivity index (χ0v) is 14.3. The minimum Gasteiger partial charge on any atom is -0.461 e. The maximum absolute atomic E-state index is 11.3. The van der Waals surface area contributed by atoms with Crippen molar-refractivity contribution in [3.05, 3.63) is 23.8 Å². The summed E-state index contributed by atoms with van der Waals surface area (Å²) >= 11 is 5.48. The van der Waals surface area contributed by atoms with E-state index in [-0.39, 0.29) is 28.8 Å². The Balaban J connectivity index is 2.71. The Bertz CT molecular complexity index is 419. The molecule has 3 heteroatoms. The van der Waals surface area contributed by atoms with Crippen LogP contribution in [0.2, 0.25) is 0 Å². The lowest BCUT2D eigenvalue weighted by Gasteiger charge is -2.31. The number of rotatable bonds is 5. The maximum atomic E-state index is 11.3. The fraction of sp³-hybridized carbons (Fsp3) is 0.706. The summed E-state index contributed by atoms with van der Waals surface area (Å²) in [5, 5.41) is 0. The van der Waals surface area contributed by atoms with Gasteiger partial charge in [0, 0.05) is 5.41 Å². The van der Waals surface area contributed by atoms with Gasteiger partial charge in [0.05, 0.1) is 0 Å². The summed E-state index contributed by atoms with van der Waals surface area (Å²) in [6.07, 6.45) is 7.67. The van der Waals surface area contributed by atoms with Crippen molar-refractivity contribution in [2.75, 3.05) is 5.88 Å². The second-order valence-electron chi connectivity index (χ2n) is 6.90.